The predicted octanol–water partition coefficient (Wildman–Crippen LogP) is 1.76. The van der Waals surface area contributed by atoms with Crippen LogP contribution in [-0.2, 0) is 13.5 Å². The van der Waals surface area contributed by atoms with Gasteiger partial charge in [0.05, 0.1) is 31.0 Å². The Kier molecular flexibility index (Phi) is 4.46. The van der Waals surface area contributed by atoms with Gasteiger partial charge in [0.25, 0.3) is 0 Å². The summed E-state index contributed by atoms with van der Waals surface area (Å²) in [7, 11) is 4.80. The van der Waals surface area contributed by atoms with Crippen molar-refractivity contribution in [1.82, 2.24) is 15.0 Å². The first kappa shape index (κ1) is 14.6. The van der Waals surface area contributed by atoms with Crippen LogP contribution in [0.1, 0.15) is 17.4 Å². The first-order valence-electron chi connectivity index (χ1n) is 6.00. The van der Waals surface area contributed by atoms with Crippen LogP contribution in [-0.4, -0.2) is 34.3 Å². The van der Waals surface area contributed by atoms with Crippen molar-refractivity contribution >= 4 is 11.6 Å². The summed E-state index contributed by atoms with van der Waals surface area (Å²) >= 11 is 6.25. The average molecular weight is 298 g/mol. The van der Waals surface area contributed by atoms with Gasteiger partial charge in [-0.2, -0.15) is 0 Å². The van der Waals surface area contributed by atoms with Gasteiger partial charge in [-0.25, -0.2) is 0 Å². The highest BCUT2D eigenvalue weighted by atomic mass is 35.5. The number of aliphatic hydroxyl groups is 1. The zero-order valence-electron chi connectivity index (χ0n) is 11.5. The van der Waals surface area contributed by atoms with Gasteiger partial charge in [0.15, 0.2) is 11.5 Å². The van der Waals surface area contributed by atoms with Crippen LogP contribution in [0.15, 0.2) is 18.3 Å². The van der Waals surface area contributed by atoms with Crippen molar-refractivity contribution in [3.8, 4) is 11.5 Å². The zero-order valence-corrected chi connectivity index (χ0v) is 12.3. The smallest absolute Gasteiger partial charge is 0.179 e. The highest BCUT2D eigenvalue weighted by Crippen LogP contribution is 2.40. The molecule has 1 atom stereocenters. The van der Waals surface area contributed by atoms with Crippen molar-refractivity contribution < 1.29 is 14.6 Å². The van der Waals surface area contributed by atoms with Crippen molar-refractivity contribution in [2.75, 3.05) is 14.2 Å². The molecule has 0 aliphatic carbocycles. The number of aromatic nitrogens is 3. The molecule has 0 aliphatic heterocycles. The maximum Gasteiger partial charge on any atom is 0.179 e. The molecule has 20 heavy (non-hydrogen) atoms. The van der Waals surface area contributed by atoms with E-state index in [9.17, 15) is 5.11 Å². The number of halogens is 1. The fourth-order valence-electron chi connectivity index (χ4n) is 1.96. The Morgan fingerprint density at radius 2 is 2.10 bits per heavy atom. The van der Waals surface area contributed by atoms with E-state index in [-0.39, 0.29) is 0 Å². The number of hydrogen-bond acceptors (Lipinski definition) is 5. The van der Waals surface area contributed by atoms with Crippen LogP contribution in [0.25, 0.3) is 0 Å². The van der Waals surface area contributed by atoms with Gasteiger partial charge in [-0.1, -0.05) is 22.9 Å². The maximum absolute atomic E-state index is 10.3. The number of methoxy groups -OCH3 is 2. The molecule has 0 radical (unpaired) electrons. The summed E-state index contributed by atoms with van der Waals surface area (Å²) in [6.45, 7) is 0. The summed E-state index contributed by atoms with van der Waals surface area (Å²) in [6, 6.07) is 3.42. The van der Waals surface area contributed by atoms with Gasteiger partial charge in [0.1, 0.15) is 0 Å². The van der Waals surface area contributed by atoms with E-state index in [2.05, 4.69) is 10.3 Å². The molecule has 0 fully saturated rings. The summed E-state index contributed by atoms with van der Waals surface area (Å²) in [6.07, 6.45) is 1.28. The first-order valence-corrected chi connectivity index (χ1v) is 6.38. The number of ether oxygens (including phenoxy) is 2. The van der Waals surface area contributed by atoms with E-state index in [0.29, 0.717) is 34.2 Å². The van der Waals surface area contributed by atoms with E-state index >= 15 is 0 Å². The molecule has 2 aromatic rings. The van der Waals surface area contributed by atoms with E-state index in [1.54, 1.807) is 30.1 Å². The van der Waals surface area contributed by atoms with Crippen LogP contribution < -0.4 is 9.47 Å². The van der Waals surface area contributed by atoms with Crippen molar-refractivity contribution in [1.29, 1.82) is 0 Å². The van der Waals surface area contributed by atoms with Gasteiger partial charge >= 0.3 is 0 Å². The third-order valence-electron chi connectivity index (χ3n) is 2.93. The number of aryl methyl sites for hydroxylation is 1. The molecular formula is C13H16ClN3O3. The number of hydrogen-bond donors (Lipinski definition) is 1. The average Bonchev–Trinajstić information content (AvgIpc) is 2.83. The molecule has 0 saturated carbocycles. The molecule has 0 amide bonds. The highest BCUT2D eigenvalue weighted by molar-refractivity contribution is 6.33. The zero-order chi connectivity index (χ0) is 14.7. The van der Waals surface area contributed by atoms with Crippen LogP contribution in [0.3, 0.4) is 0 Å². The molecule has 2 rings (SSSR count). The second-order valence-corrected chi connectivity index (χ2v) is 4.69. The summed E-state index contributed by atoms with van der Waals surface area (Å²) in [4.78, 5) is 0. The molecule has 108 valence electrons. The lowest BCUT2D eigenvalue weighted by Crippen LogP contribution is -2.04. The number of rotatable bonds is 5. The Morgan fingerprint density at radius 1 is 1.35 bits per heavy atom. The second-order valence-electron chi connectivity index (χ2n) is 4.31. The van der Waals surface area contributed by atoms with Crippen LogP contribution in [0.5, 0.6) is 11.5 Å². The summed E-state index contributed by atoms with van der Waals surface area (Å²) in [5.41, 5.74) is 1.25. The number of benzene rings is 1. The lowest BCUT2D eigenvalue weighted by Gasteiger charge is -2.16. The van der Waals surface area contributed by atoms with Gasteiger partial charge < -0.3 is 14.6 Å². The molecule has 1 heterocycles. The normalized spacial score (nSPS) is 12.2. The second kappa shape index (κ2) is 6.11. The maximum atomic E-state index is 10.3. The lowest BCUT2D eigenvalue weighted by molar-refractivity contribution is 0.176. The molecular weight excluding hydrogens is 282 g/mol. The summed E-state index contributed by atoms with van der Waals surface area (Å²) in [5.74, 6) is 0.929. The standard InChI is InChI=1S/C13H16ClN3O3/c1-17-7-8(15-16-17)6-10(18)9-4-5-11(19-2)13(20-3)12(9)14/h4-5,7,10,18H,6H2,1-3H3. The molecule has 0 bridgehead atoms. The molecule has 0 saturated heterocycles. The van der Waals surface area contributed by atoms with Crippen LogP contribution in [0.4, 0.5) is 0 Å². The van der Waals surface area contributed by atoms with Crippen LogP contribution >= 0.6 is 11.6 Å². The van der Waals surface area contributed by atoms with E-state index in [4.69, 9.17) is 21.1 Å². The number of nitrogens with zero attached hydrogens (tertiary/aromatic N) is 3. The van der Waals surface area contributed by atoms with E-state index in [1.807, 2.05) is 0 Å². The number of aliphatic hydroxyl groups excluding tert-OH is 1. The van der Waals surface area contributed by atoms with Gasteiger partial charge in [-0.15, -0.1) is 5.10 Å². The quantitative estimate of drug-likeness (QED) is 0.911. The Morgan fingerprint density at radius 3 is 2.65 bits per heavy atom. The van der Waals surface area contributed by atoms with Crippen molar-refractivity contribution in [2.45, 2.75) is 12.5 Å². The molecule has 1 unspecified atom stereocenters. The topological polar surface area (TPSA) is 69.4 Å². The minimum atomic E-state index is -0.793. The monoisotopic (exact) mass is 297 g/mol. The Labute approximate surface area is 121 Å². The minimum absolute atomic E-state index is 0.322. The molecule has 1 aromatic heterocycles. The highest BCUT2D eigenvalue weighted by Gasteiger charge is 2.19. The Balaban J connectivity index is 2.28. The van der Waals surface area contributed by atoms with Gasteiger partial charge in [-0.3, -0.25) is 4.68 Å². The fraction of sp³-hybridized carbons (Fsp3) is 0.385. The van der Waals surface area contributed by atoms with Gasteiger partial charge in [0.2, 0.25) is 0 Å². The molecule has 6 nitrogen and oxygen atoms in total. The minimum Gasteiger partial charge on any atom is -0.493 e. The third-order valence-corrected chi connectivity index (χ3v) is 3.32. The largest absolute Gasteiger partial charge is 0.493 e. The third kappa shape index (κ3) is 2.86. The van der Waals surface area contributed by atoms with Crippen molar-refractivity contribution in [3.05, 3.63) is 34.6 Å². The molecule has 1 aromatic carbocycles. The predicted molar refractivity (Wildman–Crippen MR) is 74.2 cm³/mol. The van der Waals surface area contributed by atoms with Gasteiger partial charge in [0, 0.05) is 25.2 Å². The SMILES string of the molecule is COc1ccc(C(O)Cc2cn(C)nn2)c(Cl)c1OC. The lowest BCUT2D eigenvalue weighted by atomic mass is 10.0. The summed E-state index contributed by atoms with van der Waals surface area (Å²) in [5, 5.41) is 18.4. The Hall–Kier alpha value is -1.79. The van der Waals surface area contributed by atoms with Crippen molar-refractivity contribution in [3.63, 3.8) is 0 Å². The van der Waals surface area contributed by atoms with Crippen molar-refractivity contribution in [2.24, 2.45) is 7.05 Å². The van der Waals surface area contributed by atoms with E-state index < -0.39 is 6.10 Å². The molecule has 7 heteroatoms. The molecule has 0 aliphatic rings. The molecule has 1 N–H and O–H groups in total. The van der Waals surface area contributed by atoms with Crippen LogP contribution in [0.2, 0.25) is 5.02 Å². The van der Waals surface area contributed by atoms with Gasteiger partial charge in [-0.05, 0) is 6.07 Å². The van der Waals surface area contributed by atoms with E-state index in [1.165, 1.54) is 14.2 Å². The first-order chi connectivity index (χ1) is 9.56. The fourth-order valence-corrected chi connectivity index (χ4v) is 2.32. The summed E-state index contributed by atoms with van der Waals surface area (Å²) < 4.78 is 12.0. The van der Waals surface area contributed by atoms with E-state index in [0.717, 1.165) is 0 Å². The van der Waals surface area contributed by atoms with Crippen LogP contribution in [0, 0.1) is 0 Å². The molecule has 0 spiro atoms. The Bertz CT molecular complexity index is 601.